The Morgan fingerprint density at radius 1 is 0.232 bits per heavy atom. The average molecular weight is 1430 g/mol. The van der Waals surface area contributed by atoms with E-state index in [1.807, 2.05) is 0 Å². The highest BCUT2D eigenvalue weighted by Gasteiger charge is 2.58. The molecular formula is C108H71NO3. The molecule has 526 valence electrons. The van der Waals surface area contributed by atoms with Gasteiger partial charge in [-0.15, -0.1) is 0 Å². The zero-order valence-electron chi connectivity index (χ0n) is 63.0. The number of para-hydroxylation sites is 3. The topological polar surface area (TPSA) is 42.7 Å². The minimum absolute atomic E-state index is 0.313. The molecule has 16 aromatic carbocycles. The lowest BCUT2D eigenvalue weighted by molar-refractivity contribution is 0.600. The van der Waals surface area contributed by atoms with Gasteiger partial charge in [-0.1, -0.05) is 272 Å². The number of anilines is 3. The molecule has 7 aliphatic carbocycles. The first-order chi connectivity index (χ1) is 54.7. The molecule has 2 spiro atoms. The van der Waals surface area contributed by atoms with Gasteiger partial charge in [0.15, 0.2) is 0 Å². The lowest BCUT2D eigenvalue weighted by atomic mass is 9.68. The highest BCUT2D eigenvalue weighted by atomic mass is 16.3. The second kappa shape index (κ2) is 20.6. The third-order valence-corrected chi connectivity index (χ3v) is 28.1. The monoisotopic (exact) mass is 1430 g/mol. The predicted molar refractivity (Wildman–Crippen MR) is 458 cm³/mol. The van der Waals surface area contributed by atoms with Crippen LogP contribution in [0, 0.1) is 6.92 Å². The van der Waals surface area contributed by atoms with Crippen LogP contribution in [0.2, 0.25) is 0 Å². The molecule has 0 bridgehead atoms. The first kappa shape index (κ1) is 61.6. The van der Waals surface area contributed by atoms with Crippen molar-refractivity contribution in [3.63, 3.8) is 0 Å². The lowest BCUT2D eigenvalue weighted by Crippen LogP contribution is -2.27. The Bertz CT molecular complexity index is 7530. The van der Waals surface area contributed by atoms with Gasteiger partial charge in [-0.05, 0) is 242 Å². The van der Waals surface area contributed by atoms with Crippen LogP contribution < -0.4 is 4.90 Å². The maximum absolute atomic E-state index is 7.23. The molecule has 0 aliphatic heterocycles. The van der Waals surface area contributed by atoms with Crippen LogP contribution >= 0.6 is 0 Å². The SMILES string of the molecule is Cc1ccc(-c2cc3c(c4c2oc2ccccc24)-c2ccc(N(c4ccc5c(c4)C(C)(C)c4c6c(c7oc8ccccc8c7c4-5)-c4ccccc4C6(C)C)c4ccc5c(c4)C4(c6ccccc6-c6ccccc64)c4cc6c(cc4-5)C4(c5ccccc5-c5ccccc54)c4ccc5oc7ccccc7c5c4-6)cc2C3(C)C)cc1. The zero-order chi connectivity index (χ0) is 74.1. The summed E-state index contributed by atoms with van der Waals surface area (Å²) in [5, 5.41) is 6.94. The summed E-state index contributed by atoms with van der Waals surface area (Å²) in [4.78, 5) is 2.62. The molecule has 0 atom stereocenters. The fourth-order valence-corrected chi connectivity index (χ4v) is 23.5. The van der Waals surface area contributed by atoms with Crippen molar-refractivity contribution in [2.24, 2.45) is 0 Å². The van der Waals surface area contributed by atoms with Crippen LogP contribution in [0.4, 0.5) is 17.1 Å². The van der Waals surface area contributed by atoms with Crippen molar-refractivity contribution in [2.45, 2.75) is 75.5 Å². The molecule has 0 saturated carbocycles. The van der Waals surface area contributed by atoms with Crippen LogP contribution in [-0.4, -0.2) is 0 Å². The Morgan fingerprint density at radius 2 is 0.625 bits per heavy atom. The molecule has 0 fully saturated rings. The molecule has 0 N–H and O–H groups in total. The van der Waals surface area contributed by atoms with Gasteiger partial charge in [0.25, 0.3) is 0 Å². The fourth-order valence-electron chi connectivity index (χ4n) is 23.5. The van der Waals surface area contributed by atoms with Gasteiger partial charge in [-0.3, -0.25) is 0 Å². The van der Waals surface area contributed by atoms with Gasteiger partial charge in [0.2, 0.25) is 0 Å². The van der Waals surface area contributed by atoms with Crippen LogP contribution in [0.25, 0.3) is 155 Å². The van der Waals surface area contributed by atoms with Gasteiger partial charge in [-0.2, -0.15) is 0 Å². The van der Waals surface area contributed by atoms with Crippen molar-refractivity contribution in [3.05, 3.63) is 387 Å². The van der Waals surface area contributed by atoms with Crippen molar-refractivity contribution >= 4 is 82.9 Å². The lowest BCUT2D eigenvalue weighted by Gasteiger charge is -2.33. The Kier molecular flexibility index (Phi) is 11.3. The van der Waals surface area contributed by atoms with Crippen LogP contribution in [0.5, 0.6) is 0 Å². The minimum Gasteiger partial charge on any atom is -0.456 e. The number of nitrogens with zero attached hydrogens (tertiary/aromatic N) is 1. The second-order valence-electron chi connectivity index (χ2n) is 34.3. The van der Waals surface area contributed by atoms with Gasteiger partial charge in [0.1, 0.15) is 33.5 Å². The van der Waals surface area contributed by atoms with Crippen molar-refractivity contribution < 1.29 is 13.3 Å². The summed E-state index contributed by atoms with van der Waals surface area (Å²) in [6.07, 6.45) is 0. The zero-order valence-corrected chi connectivity index (χ0v) is 63.0. The number of rotatable bonds is 4. The highest BCUT2D eigenvalue weighted by molar-refractivity contribution is 6.23. The molecule has 0 amide bonds. The van der Waals surface area contributed by atoms with E-state index in [0.717, 1.165) is 77.8 Å². The first-order valence-electron chi connectivity index (χ1n) is 39.7. The van der Waals surface area contributed by atoms with E-state index in [1.54, 1.807) is 0 Å². The van der Waals surface area contributed by atoms with Crippen LogP contribution in [0.3, 0.4) is 0 Å². The van der Waals surface area contributed by atoms with Gasteiger partial charge in [0, 0.05) is 76.8 Å². The highest BCUT2D eigenvalue weighted by Crippen LogP contribution is 2.71. The van der Waals surface area contributed by atoms with Gasteiger partial charge < -0.3 is 18.2 Å². The molecule has 7 aliphatic rings. The van der Waals surface area contributed by atoms with E-state index >= 15 is 0 Å². The summed E-state index contributed by atoms with van der Waals surface area (Å²) in [7, 11) is 0. The summed E-state index contributed by atoms with van der Waals surface area (Å²) in [5.41, 5.74) is 45.6. The van der Waals surface area contributed by atoms with Gasteiger partial charge >= 0.3 is 0 Å². The fraction of sp³-hybridized carbons (Fsp3) is 0.111. The number of hydrogen-bond acceptors (Lipinski definition) is 4. The summed E-state index contributed by atoms with van der Waals surface area (Å²) >= 11 is 0. The maximum Gasteiger partial charge on any atom is 0.144 e. The van der Waals surface area contributed by atoms with Gasteiger partial charge in [-0.25, -0.2) is 0 Å². The third-order valence-electron chi connectivity index (χ3n) is 28.1. The number of benzene rings is 16. The second-order valence-corrected chi connectivity index (χ2v) is 34.3. The molecule has 4 heteroatoms. The van der Waals surface area contributed by atoms with Crippen molar-refractivity contribution in [2.75, 3.05) is 4.90 Å². The van der Waals surface area contributed by atoms with Gasteiger partial charge in [0.05, 0.1) is 10.8 Å². The van der Waals surface area contributed by atoms with E-state index in [1.165, 1.54) is 177 Å². The van der Waals surface area contributed by atoms with Crippen molar-refractivity contribution in [3.8, 4) is 89.0 Å². The molecule has 4 nitrogen and oxygen atoms in total. The standard InChI is InChI=1S/C108H71NO3/c1-58-40-42-59(43-41-58)74-55-88-93(97-72-30-14-22-38-90(72)111-102(74)97)69-48-45-60(52-83(69)104(88,2)3)109(61-46-49-70-84(53-61)106(6,7)100-96(70)98-73-31-15-23-39-91(73)112-103(98)99-68-28-12-16-32-77(68)105(4,5)101(99)100)62-44-47-67-75-56-87-76(57-86(75)108(85(67)54-62)80-35-19-10-26-65(80)66-27-11-20-36-81(66)108)94-82(50-51-92-95(94)71-29-13-21-37-89(71)110-92)107(87)78-33-17-8-24-63(78)64-25-9-18-34-79(64)107/h8-57H,1-7H3. The normalized spacial score (nSPS) is 15.8. The quantitative estimate of drug-likeness (QED) is 0.176. The summed E-state index contributed by atoms with van der Waals surface area (Å²) in [6.45, 7) is 16.9. The summed E-state index contributed by atoms with van der Waals surface area (Å²) in [5.74, 6) is 0. The van der Waals surface area contributed by atoms with Crippen molar-refractivity contribution in [1.82, 2.24) is 0 Å². The van der Waals surface area contributed by atoms with Crippen molar-refractivity contribution in [1.29, 1.82) is 0 Å². The molecule has 0 radical (unpaired) electrons. The number of fused-ring (bicyclic) bond motifs is 43. The molecule has 26 rings (SSSR count). The molecule has 0 unspecified atom stereocenters. The summed E-state index contributed by atoms with van der Waals surface area (Å²) < 4.78 is 21.2. The van der Waals surface area contributed by atoms with E-state index in [2.05, 4.69) is 357 Å². The van der Waals surface area contributed by atoms with Crippen LogP contribution in [-0.2, 0) is 27.1 Å². The molecule has 0 saturated heterocycles. The van der Waals surface area contributed by atoms with E-state index in [9.17, 15) is 0 Å². The average Bonchev–Trinajstić information content (AvgIpc) is 1.48. The predicted octanol–water partition coefficient (Wildman–Crippen LogP) is 28.4. The van der Waals surface area contributed by atoms with Crippen LogP contribution in [0.1, 0.15) is 125 Å². The van der Waals surface area contributed by atoms with Crippen LogP contribution in [0.15, 0.2) is 317 Å². The molecule has 3 heterocycles. The van der Waals surface area contributed by atoms with E-state index in [-0.39, 0.29) is 5.41 Å². The number of hydrogen-bond donors (Lipinski definition) is 0. The minimum atomic E-state index is -0.747. The molecule has 19 aromatic rings. The Labute approximate surface area is 648 Å². The third kappa shape index (κ3) is 7.12. The smallest absolute Gasteiger partial charge is 0.144 e. The molecule has 112 heavy (non-hydrogen) atoms. The molecular weight excluding hydrogens is 1360 g/mol. The van der Waals surface area contributed by atoms with E-state index in [4.69, 9.17) is 13.3 Å². The van der Waals surface area contributed by atoms with E-state index in [0.29, 0.717) is 0 Å². The first-order valence-corrected chi connectivity index (χ1v) is 39.7. The maximum atomic E-state index is 7.23. The Morgan fingerprint density at radius 3 is 1.22 bits per heavy atom. The number of aryl methyl sites for hydroxylation is 1. The molecule has 3 aromatic heterocycles. The largest absolute Gasteiger partial charge is 0.456 e. The Balaban J connectivity index is 0.750. The van der Waals surface area contributed by atoms with E-state index < -0.39 is 21.7 Å². The summed E-state index contributed by atoms with van der Waals surface area (Å²) in [6, 6.07) is 116. The Hall–Kier alpha value is -13.3. The number of furan rings is 3.